The smallest absolute Gasteiger partial charge is 0.272 e. The Bertz CT molecular complexity index is 634. The van der Waals surface area contributed by atoms with Crippen LogP contribution in [0.25, 0.3) is 0 Å². The number of hydrogen-bond donors (Lipinski definition) is 1. The molecule has 0 bridgehead atoms. The maximum absolute atomic E-state index is 12.4. The number of hydrogen-bond acceptors (Lipinski definition) is 6. The van der Waals surface area contributed by atoms with Gasteiger partial charge in [0.25, 0.3) is 5.91 Å². The highest BCUT2D eigenvalue weighted by molar-refractivity contribution is 5.92. The van der Waals surface area contributed by atoms with Crippen molar-refractivity contribution in [3.05, 3.63) is 48.2 Å². The minimum Gasteiger partial charge on any atom is -0.384 e. The van der Waals surface area contributed by atoms with E-state index in [1.807, 2.05) is 12.1 Å². The standard InChI is InChI=1S/C14H15N5O2/c15-13-3-1-2-10(18-13)12-8-19(6-7-21-12)14(20)11-4-5-16-9-17-11/h1-5,9,12H,6-8H2,(H2,15,18)/t12-/m0/s1. The zero-order chi connectivity index (χ0) is 14.7. The maximum atomic E-state index is 12.4. The number of aromatic nitrogens is 3. The molecule has 0 unspecified atom stereocenters. The van der Waals surface area contributed by atoms with E-state index < -0.39 is 0 Å². The van der Waals surface area contributed by atoms with Crippen LogP contribution in [0.1, 0.15) is 22.3 Å². The van der Waals surface area contributed by atoms with E-state index in [9.17, 15) is 4.79 Å². The Balaban J connectivity index is 1.75. The average Bonchev–Trinajstić information content (AvgIpc) is 2.55. The van der Waals surface area contributed by atoms with E-state index in [4.69, 9.17) is 10.5 Å². The Morgan fingerprint density at radius 2 is 2.29 bits per heavy atom. The van der Waals surface area contributed by atoms with Gasteiger partial charge < -0.3 is 15.4 Å². The third-order valence-electron chi connectivity index (χ3n) is 3.28. The Kier molecular flexibility index (Phi) is 3.74. The minimum atomic E-state index is -0.270. The first-order valence-corrected chi connectivity index (χ1v) is 6.63. The van der Waals surface area contributed by atoms with Gasteiger partial charge in [-0.2, -0.15) is 0 Å². The molecule has 0 radical (unpaired) electrons. The monoisotopic (exact) mass is 285 g/mol. The van der Waals surface area contributed by atoms with E-state index >= 15 is 0 Å². The van der Waals surface area contributed by atoms with Crippen LogP contribution in [0.2, 0.25) is 0 Å². The Hall–Kier alpha value is -2.54. The number of nitrogen functional groups attached to an aromatic ring is 1. The zero-order valence-corrected chi connectivity index (χ0v) is 11.3. The number of carbonyl (C=O) groups excluding carboxylic acids is 1. The fraction of sp³-hybridized carbons (Fsp3) is 0.286. The summed E-state index contributed by atoms with van der Waals surface area (Å²) in [5, 5.41) is 0. The van der Waals surface area contributed by atoms with Crippen LogP contribution in [-0.4, -0.2) is 45.5 Å². The van der Waals surface area contributed by atoms with Gasteiger partial charge >= 0.3 is 0 Å². The average molecular weight is 285 g/mol. The number of ether oxygens (including phenoxy) is 1. The first kappa shape index (κ1) is 13.4. The largest absolute Gasteiger partial charge is 0.384 e. The van der Waals surface area contributed by atoms with Gasteiger partial charge in [-0.15, -0.1) is 0 Å². The summed E-state index contributed by atoms with van der Waals surface area (Å²) >= 11 is 0. The molecule has 0 saturated carbocycles. The SMILES string of the molecule is Nc1cccc([C@@H]2CN(C(=O)c3ccncn3)CCO2)n1. The highest BCUT2D eigenvalue weighted by Crippen LogP contribution is 2.22. The van der Waals surface area contributed by atoms with Crippen molar-refractivity contribution >= 4 is 11.7 Å². The third kappa shape index (κ3) is 2.97. The molecule has 0 aromatic carbocycles. The maximum Gasteiger partial charge on any atom is 0.272 e. The molecule has 1 saturated heterocycles. The van der Waals surface area contributed by atoms with Crippen LogP contribution in [0, 0.1) is 0 Å². The predicted molar refractivity (Wildman–Crippen MR) is 75.3 cm³/mol. The molecule has 108 valence electrons. The summed E-state index contributed by atoms with van der Waals surface area (Å²) in [6.07, 6.45) is 2.65. The molecular weight excluding hydrogens is 270 g/mol. The van der Waals surface area contributed by atoms with E-state index in [1.54, 1.807) is 23.2 Å². The summed E-state index contributed by atoms with van der Waals surface area (Å²) < 4.78 is 5.69. The van der Waals surface area contributed by atoms with Crippen molar-refractivity contribution in [2.75, 3.05) is 25.4 Å². The second-order valence-electron chi connectivity index (χ2n) is 4.69. The molecule has 2 aromatic heterocycles. The predicted octanol–water partition coefficient (Wildman–Crippen LogP) is 0.667. The number of nitrogens with zero attached hydrogens (tertiary/aromatic N) is 4. The van der Waals surface area contributed by atoms with Gasteiger partial charge in [-0.25, -0.2) is 15.0 Å². The quantitative estimate of drug-likeness (QED) is 0.871. The zero-order valence-electron chi connectivity index (χ0n) is 11.3. The second-order valence-corrected chi connectivity index (χ2v) is 4.69. The lowest BCUT2D eigenvalue weighted by molar-refractivity contribution is -0.0248. The number of pyridine rings is 1. The lowest BCUT2D eigenvalue weighted by Crippen LogP contribution is -2.42. The van der Waals surface area contributed by atoms with Crippen molar-refractivity contribution in [3.8, 4) is 0 Å². The van der Waals surface area contributed by atoms with Crippen LogP contribution >= 0.6 is 0 Å². The van der Waals surface area contributed by atoms with Gasteiger partial charge in [-0.05, 0) is 18.2 Å². The third-order valence-corrected chi connectivity index (χ3v) is 3.28. The normalized spacial score (nSPS) is 18.5. The summed E-state index contributed by atoms with van der Waals surface area (Å²) in [7, 11) is 0. The fourth-order valence-corrected chi connectivity index (χ4v) is 2.24. The second kappa shape index (κ2) is 5.84. The van der Waals surface area contributed by atoms with Crippen LogP contribution in [0.4, 0.5) is 5.82 Å². The molecule has 2 N–H and O–H groups in total. The van der Waals surface area contributed by atoms with Gasteiger partial charge in [0.1, 0.15) is 23.9 Å². The summed E-state index contributed by atoms with van der Waals surface area (Å²) in [6.45, 7) is 1.42. The van der Waals surface area contributed by atoms with Crippen molar-refractivity contribution in [2.45, 2.75) is 6.10 Å². The van der Waals surface area contributed by atoms with Crippen LogP contribution in [0.15, 0.2) is 36.8 Å². The van der Waals surface area contributed by atoms with E-state index in [-0.39, 0.29) is 12.0 Å². The van der Waals surface area contributed by atoms with E-state index in [1.165, 1.54) is 6.33 Å². The van der Waals surface area contributed by atoms with Crippen LogP contribution in [-0.2, 0) is 4.74 Å². The van der Waals surface area contributed by atoms with Gasteiger partial charge in [-0.3, -0.25) is 4.79 Å². The molecule has 21 heavy (non-hydrogen) atoms. The molecular formula is C14H15N5O2. The molecule has 3 heterocycles. The molecule has 1 aliphatic rings. The van der Waals surface area contributed by atoms with Gasteiger partial charge in [0, 0.05) is 12.7 Å². The molecule has 7 heteroatoms. The molecule has 2 aromatic rings. The Labute approximate surface area is 121 Å². The molecule has 1 atom stereocenters. The van der Waals surface area contributed by atoms with Crippen LogP contribution in [0.5, 0.6) is 0 Å². The number of morpholine rings is 1. The Morgan fingerprint density at radius 3 is 3.05 bits per heavy atom. The van der Waals surface area contributed by atoms with E-state index in [0.717, 1.165) is 5.69 Å². The summed E-state index contributed by atoms with van der Waals surface area (Å²) in [6, 6.07) is 6.99. The molecule has 1 amide bonds. The topological polar surface area (TPSA) is 94.2 Å². The summed E-state index contributed by atoms with van der Waals surface area (Å²) in [5.41, 5.74) is 6.80. The first-order chi connectivity index (χ1) is 10.2. The molecule has 1 fully saturated rings. The Morgan fingerprint density at radius 1 is 1.38 bits per heavy atom. The van der Waals surface area contributed by atoms with Gasteiger partial charge in [0.05, 0.1) is 18.8 Å². The van der Waals surface area contributed by atoms with Crippen molar-refractivity contribution in [1.29, 1.82) is 0 Å². The highest BCUT2D eigenvalue weighted by atomic mass is 16.5. The summed E-state index contributed by atoms with van der Waals surface area (Å²) in [5.74, 6) is 0.310. The van der Waals surface area contributed by atoms with E-state index in [2.05, 4.69) is 15.0 Å². The highest BCUT2D eigenvalue weighted by Gasteiger charge is 2.27. The lowest BCUT2D eigenvalue weighted by Gasteiger charge is -2.32. The van der Waals surface area contributed by atoms with E-state index in [0.29, 0.717) is 31.2 Å². The molecule has 3 rings (SSSR count). The fourth-order valence-electron chi connectivity index (χ4n) is 2.24. The molecule has 0 spiro atoms. The van der Waals surface area contributed by atoms with Gasteiger partial charge in [0.15, 0.2) is 0 Å². The van der Waals surface area contributed by atoms with Crippen molar-refractivity contribution < 1.29 is 9.53 Å². The van der Waals surface area contributed by atoms with Gasteiger partial charge in [0.2, 0.25) is 0 Å². The van der Waals surface area contributed by atoms with Crippen molar-refractivity contribution in [3.63, 3.8) is 0 Å². The van der Waals surface area contributed by atoms with Gasteiger partial charge in [-0.1, -0.05) is 6.07 Å². The van der Waals surface area contributed by atoms with Crippen LogP contribution in [0.3, 0.4) is 0 Å². The lowest BCUT2D eigenvalue weighted by atomic mass is 10.1. The number of anilines is 1. The number of rotatable bonds is 2. The number of amides is 1. The summed E-state index contributed by atoms with van der Waals surface area (Å²) in [4.78, 5) is 26.1. The molecule has 7 nitrogen and oxygen atoms in total. The molecule has 1 aliphatic heterocycles. The van der Waals surface area contributed by atoms with Crippen LogP contribution < -0.4 is 5.73 Å². The first-order valence-electron chi connectivity index (χ1n) is 6.63. The minimum absolute atomic E-state index is 0.130. The number of nitrogens with two attached hydrogens (primary N) is 1. The van der Waals surface area contributed by atoms with Crippen molar-refractivity contribution in [2.24, 2.45) is 0 Å². The molecule has 0 aliphatic carbocycles. The van der Waals surface area contributed by atoms with Crippen molar-refractivity contribution in [1.82, 2.24) is 19.9 Å². The number of carbonyl (C=O) groups is 1.